The van der Waals surface area contributed by atoms with Crippen LogP contribution in [0.3, 0.4) is 0 Å². The highest BCUT2D eigenvalue weighted by Crippen LogP contribution is 2.13. The van der Waals surface area contributed by atoms with E-state index in [0.29, 0.717) is 12.8 Å². The van der Waals surface area contributed by atoms with Gasteiger partial charge in [0.2, 0.25) is 11.8 Å². The van der Waals surface area contributed by atoms with Gasteiger partial charge in [-0.25, -0.2) is 14.4 Å². The number of carbonyl (C=O) groups excluding carboxylic acids is 4. The van der Waals surface area contributed by atoms with Crippen molar-refractivity contribution >= 4 is 35.7 Å². The van der Waals surface area contributed by atoms with Gasteiger partial charge in [0.1, 0.15) is 18.1 Å². The number of nitrogens with one attached hydrogen (secondary N) is 2. The lowest BCUT2D eigenvalue weighted by Gasteiger charge is -2.19. The van der Waals surface area contributed by atoms with E-state index in [4.69, 9.17) is 25.1 Å². The van der Waals surface area contributed by atoms with E-state index >= 15 is 0 Å². The Balaban J connectivity index is 0. The van der Waals surface area contributed by atoms with Gasteiger partial charge < -0.3 is 36.1 Å². The second-order valence-corrected chi connectivity index (χ2v) is 10.5. The molecule has 0 saturated carbocycles. The molecule has 6 N–H and O–H groups in total. The van der Waals surface area contributed by atoms with Crippen molar-refractivity contribution in [2.24, 2.45) is 5.73 Å². The molecule has 0 bridgehead atoms. The number of carboxylic acid groups (broad SMARTS) is 2. The highest BCUT2D eigenvalue weighted by molar-refractivity contribution is 5.86. The van der Waals surface area contributed by atoms with Crippen LogP contribution in [0.25, 0.3) is 0 Å². The van der Waals surface area contributed by atoms with E-state index < -0.39 is 54.1 Å². The Labute approximate surface area is 268 Å². The fourth-order valence-corrected chi connectivity index (χ4v) is 4.06. The number of carbonyl (C=O) groups is 6. The number of amides is 2. The van der Waals surface area contributed by atoms with Crippen LogP contribution in [0.1, 0.15) is 117 Å². The van der Waals surface area contributed by atoms with Crippen LogP contribution in [0.15, 0.2) is 0 Å². The molecule has 46 heavy (non-hydrogen) atoms. The number of halogens is 3. The van der Waals surface area contributed by atoms with Gasteiger partial charge >= 0.3 is 30.1 Å². The number of rotatable bonds is 24. The summed E-state index contributed by atoms with van der Waals surface area (Å²) in [5.41, 5.74) is 5.78. The number of aliphatic carboxylic acids is 2. The van der Waals surface area contributed by atoms with Gasteiger partial charge in [0, 0.05) is 12.8 Å². The first kappa shape index (κ1) is 44.7. The van der Waals surface area contributed by atoms with Crippen molar-refractivity contribution in [1.82, 2.24) is 10.6 Å². The van der Waals surface area contributed by atoms with Crippen LogP contribution in [0, 0.1) is 0 Å². The molecule has 16 heteroatoms. The number of unbranched alkanes of at least 4 members (excludes halogenated alkanes) is 8. The summed E-state index contributed by atoms with van der Waals surface area (Å²) in [6, 6.07) is -3.00. The normalized spacial score (nSPS) is 12.8. The van der Waals surface area contributed by atoms with Crippen LogP contribution in [0.5, 0.6) is 0 Å². The van der Waals surface area contributed by atoms with E-state index in [0.717, 1.165) is 19.3 Å². The Morgan fingerprint density at radius 1 is 0.652 bits per heavy atom. The molecule has 268 valence electrons. The van der Waals surface area contributed by atoms with Crippen LogP contribution in [-0.2, 0) is 38.2 Å². The largest absolute Gasteiger partial charge is 0.490 e. The highest BCUT2D eigenvalue weighted by Gasteiger charge is 2.38. The Morgan fingerprint density at radius 2 is 1.11 bits per heavy atom. The summed E-state index contributed by atoms with van der Waals surface area (Å²) in [6.07, 6.45) is 5.65. The molecule has 0 rings (SSSR count). The summed E-state index contributed by atoms with van der Waals surface area (Å²) in [5.74, 6) is -6.03. The molecule has 0 fully saturated rings. The molecule has 0 spiro atoms. The minimum Gasteiger partial charge on any atom is -0.480 e. The summed E-state index contributed by atoms with van der Waals surface area (Å²) >= 11 is 0. The van der Waals surface area contributed by atoms with Crippen molar-refractivity contribution in [3.8, 4) is 0 Å². The first-order valence-electron chi connectivity index (χ1n) is 15.8. The number of hydrogen-bond donors (Lipinski definition) is 5. The van der Waals surface area contributed by atoms with Crippen molar-refractivity contribution in [2.75, 3.05) is 13.2 Å². The topological polar surface area (TPSA) is 211 Å². The van der Waals surface area contributed by atoms with Gasteiger partial charge in [-0.15, -0.1) is 0 Å². The van der Waals surface area contributed by atoms with E-state index in [1.165, 1.54) is 32.1 Å². The third-order valence-electron chi connectivity index (χ3n) is 6.55. The van der Waals surface area contributed by atoms with E-state index in [2.05, 4.69) is 17.6 Å². The van der Waals surface area contributed by atoms with Gasteiger partial charge in [0.15, 0.2) is 0 Å². The predicted octanol–water partition coefficient (Wildman–Crippen LogP) is 4.00. The van der Waals surface area contributed by atoms with Crippen molar-refractivity contribution in [1.29, 1.82) is 0 Å². The maximum atomic E-state index is 12.5. The Morgan fingerprint density at radius 3 is 1.59 bits per heavy atom. The van der Waals surface area contributed by atoms with Crippen LogP contribution in [0.2, 0.25) is 0 Å². The molecule has 2 unspecified atom stereocenters. The van der Waals surface area contributed by atoms with Gasteiger partial charge in [0.05, 0.1) is 13.2 Å². The molecule has 0 aromatic heterocycles. The molecule has 13 nitrogen and oxygen atoms in total. The second-order valence-electron chi connectivity index (χ2n) is 10.5. The maximum absolute atomic E-state index is 12.5. The fraction of sp³-hybridized carbons (Fsp3) is 0.800. The molecule has 0 saturated heterocycles. The lowest BCUT2D eigenvalue weighted by molar-refractivity contribution is -0.192. The van der Waals surface area contributed by atoms with E-state index in [1.807, 2.05) is 0 Å². The molecule has 0 heterocycles. The minimum atomic E-state index is -5.08. The molecule has 0 radical (unpaired) electrons. The molecular formula is C30H52F3N3O10. The van der Waals surface area contributed by atoms with Crippen molar-refractivity contribution in [3.63, 3.8) is 0 Å². The first-order valence-corrected chi connectivity index (χ1v) is 15.8. The molecule has 3 atom stereocenters. The van der Waals surface area contributed by atoms with Crippen LogP contribution in [0.4, 0.5) is 13.2 Å². The summed E-state index contributed by atoms with van der Waals surface area (Å²) in [5, 5.41) is 21.7. The maximum Gasteiger partial charge on any atom is 0.490 e. The third-order valence-corrected chi connectivity index (χ3v) is 6.55. The molecule has 0 aromatic rings. The molecule has 0 aliphatic rings. The molecule has 2 amide bonds. The second kappa shape index (κ2) is 26.8. The Bertz CT molecular complexity index is 919. The standard InChI is InChI=1S/C28H51N3O8.C2HF3O2/c1-4-7-8-9-10-11-12-13-14-18-24(32)30-22(26(34)35)19-20-25(33)31-23(28(37)39-6-3)17-15-16-21(29)27(36)38-5-2;3-2(4,5)1(6)7/h21-23H,4-20,29H2,1-3H3,(H,30,32)(H,31,33)(H,34,35);(H,6,7)/t21?,22-,23?;/m1./s1. The van der Waals surface area contributed by atoms with Crippen molar-refractivity contribution in [3.05, 3.63) is 0 Å². The van der Waals surface area contributed by atoms with Gasteiger partial charge in [-0.2, -0.15) is 13.2 Å². The van der Waals surface area contributed by atoms with Crippen molar-refractivity contribution < 1.29 is 61.6 Å². The summed E-state index contributed by atoms with van der Waals surface area (Å²) < 4.78 is 41.6. The van der Waals surface area contributed by atoms with Crippen LogP contribution >= 0.6 is 0 Å². The molecular weight excluding hydrogens is 619 g/mol. The van der Waals surface area contributed by atoms with E-state index in [9.17, 15) is 42.3 Å². The molecule has 0 aromatic carbocycles. The Kier molecular flexibility index (Phi) is 26.0. The predicted molar refractivity (Wildman–Crippen MR) is 161 cm³/mol. The molecule has 0 aliphatic heterocycles. The van der Waals surface area contributed by atoms with Gasteiger partial charge in [0.25, 0.3) is 0 Å². The van der Waals surface area contributed by atoms with E-state index in [-0.39, 0.29) is 51.2 Å². The smallest absolute Gasteiger partial charge is 0.480 e. The number of esters is 2. The third kappa shape index (κ3) is 24.8. The summed E-state index contributed by atoms with van der Waals surface area (Å²) in [6.45, 7) is 5.84. The lowest BCUT2D eigenvalue weighted by Crippen LogP contribution is -2.44. The summed E-state index contributed by atoms with van der Waals surface area (Å²) in [7, 11) is 0. The number of hydrogen-bond acceptors (Lipinski definition) is 9. The van der Waals surface area contributed by atoms with Gasteiger partial charge in [-0.1, -0.05) is 58.3 Å². The fourth-order valence-electron chi connectivity index (χ4n) is 4.06. The zero-order chi connectivity index (χ0) is 35.5. The van der Waals surface area contributed by atoms with Crippen molar-refractivity contribution in [2.45, 2.75) is 141 Å². The number of nitrogens with two attached hydrogens (primary N) is 1. The quantitative estimate of drug-likeness (QED) is 0.0731. The van der Waals surface area contributed by atoms with Gasteiger partial charge in [-0.05, 0) is 46.0 Å². The number of carboxylic acids is 2. The lowest BCUT2D eigenvalue weighted by atomic mass is 10.0. The Hall–Kier alpha value is -3.43. The van der Waals surface area contributed by atoms with Gasteiger partial charge in [-0.3, -0.25) is 14.4 Å². The molecule has 0 aliphatic carbocycles. The monoisotopic (exact) mass is 671 g/mol. The average molecular weight is 672 g/mol. The van der Waals surface area contributed by atoms with Crippen LogP contribution in [-0.4, -0.2) is 83.4 Å². The zero-order valence-corrected chi connectivity index (χ0v) is 27.1. The minimum absolute atomic E-state index is 0.117. The highest BCUT2D eigenvalue weighted by atomic mass is 19.4. The van der Waals surface area contributed by atoms with E-state index in [1.54, 1.807) is 13.8 Å². The first-order chi connectivity index (χ1) is 21.6. The zero-order valence-electron chi connectivity index (χ0n) is 27.1. The van der Waals surface area contributed by atoms with Crippen LogP contribution < -0.4 is 16.4 Å². The average Bonchev–Trinajstić information content (AvgIpc) is 2.97. The summed E-state index contributed by atoms with van der Waals surface area (Å²) in [4.78, 5) is 69.2. The number of alkyl halides is 3. The SMILES string of the molecule is CCCCCCCCCCCC(=O)N[C@H](CCC(=O)NC(CCCC(N)C(=O)OCC)C(=O)OCC)C(=O)O.O=C(O)C(F)(F)F. The number of ether oxygens (including phenoxy) is 2.